The van der Waals surface area contributed by atoms with Gasteiger partial charge in [0.25, 0.3) is 5.91 Å². The molecule has 1 aromatic heterocycles. The van der Waals surface area contributed by atoms with Crippen LogP contribution in [0, 0.1) is 0 Å². The molecular weight excluding hydrogens is 392 g/mol. The maximum atomic E-state index is 13.5. The number of benzene rings is 3. The normalized spacial score (nSPS) is 13.0. The summed E-state index contributed by atoms with van der Waals surface area (Å²) in [6.07, 6.45) is 1.59. The van der Waals surface area contributed by atoms with Crippen molar-refractivity contribution in [2.75, 3.05) is 6.26 Å². The van der Waals surface area contributed by atoms with E-state index in [9.17, 15) is 9.00 Å². The summed E-state index contributed by atoms with van der Waals surface area (Å²) in [6.45, 7) is 1.94. The fourth-order valence-electron chi connectivity index (χ4n) is 3.59. The van der Waals surface area contributed by atoms with Crippen LogP contribution in [0.2, 0.25) is 0 Å². The fourth-order valence-corrected chi connectivity index (χ4v) is 4.51. The molecule has 1 amide bonds. The second kappa shape index (κ2) is 8.59. The lowest BCUT2D eigenvalue weighted by Crippen LogP contribution is -2.28. The molecular formula is C25H22N2O2S. The van der Waals surface area contributed by atoms with E-state index in [1.54, 1.807) is 6.26 Å². The summed E-state index contributed by atoms with van der Waals surface area (Å²) >= 11 is 0. The number of nitrogens with zero attached hydrogens (tertiary/aromatic N) is 1. The molecule has 0 saturated carbocycles. The van der Waals surface area contributed by atoms with Crippen LogP contribution >= 0.6 is 0 Å². The van der Waals surface area contributed by atoms with Gasteiger partial charge in [-0.3, -0.25) is 9.00 Å². The smallest absolute Gasteiger partial charge is 0.253 e. The van der Waals surface area contributed by atoms with E-state index >= 15 is 0 Å². The van der Waals surface area contributed by atoms with Crippen LogP contribution in [0.25, 0.3) is 22.2 Å². The number of carbonyl (C=O) groups excluding carboxylic acids is 1. The average Bonchev–Trinajstić information content (AvgIpc) is 2.78. The van der Waals surface area contributed by atoms with Crippen LogP contribution in [0.3, 0.4) is 0 Å². The molecule has 0 aliphatic rings. The lowest BCUT2D eigenvalue weighted by Gasteiger charge is -2.19. The minimum absolute atomic E-state index is 0.191. The summed E-state index contributed by atoms with van der Waals surface area (Å²) in [5, 5.41) is 3.77. The number of nitrogens with one attached hydrogen (secondary N) is 1. The second-order valence-electron chi connectivity index (χ2n) is 7.11. The topological polar surface area (TPSA) is 59.1 Å². The fraction of sp³-hybridized carbons (Fsp3) is 0.120. The van der Waals surface area contributed by atoms with Crippen molar-refractivity contribution in [1.29, 1.82) is 0 Å². The van der Waals surface area contributed by atoms with E-state index in [4.69, 9.17) is 4.98 Å². The van der Waals surface area contributed by atoms with Crippen molar-refractivity contribution in [3.8, 4) is 11.3 Å². The first kappa shape index (κ1) is 20.0. The maximum Gasteiger partial charge on any atom is 0.253 e. The Kier molecular flexibility index (Phi) is 5.72. The van der Waals surface area contributed by atoms with Crippen LogP contribution in [0.5, 0.6) is 0 Å². The number of hydrogen-bond donors (Lipinski definition) is 1. The van der Waals surface area contributed by atoms with Gasteiger partial charge in [0.15, 0.2) is 0 Å². The highest BCUT2D eigenvalue weighted by atomic mass is 32.2. The van der Waals surface area contributed by atoms with Crippen molar-refractivity contribution < 1.29 is 9.00 Å². The second-order valence-corrected chi connectivity index (χ2v) is 8.42. The number of pyridine rings is 1. The van der Waals surface area contributed by atoms with Gasteiger partial charge in [-0.25, -0.2) is 4.98 Å². The van der Waals surface area contributed by atoms with Crippen LogP contribution in [0.1, 0.15) is 28.9 Å². The van der Waals surface area contributed by atoms with Crippen molar-refractivity contribution in [2.24, 2.45) is 0 Å². The number of aromatic nitrogens is 1. The zero-order chi connectivity index (χ0) is 21.1. The van der Waals surface area contributed by atoms with Gasteiger partial charge in [-0.05, 0) is 18.6 Å². The lowest BCUT2D eigenvalue weighted by atomic mass is 10.0. The van der Waals surface area contributed by atoms with Gasteiger partial charge in [0.2, 0.25) is 0 Å². The highest BCUT2D eigenvalue weighted by Crippen LogP contribution is 2.32. The van der Waals surface area contributed by atoms with Gasteiger partial charge < -0.3 is 5.32 Å². The van der Waals surface area contributed by atoms with Gasteiger partial charge in [0, 0.05) is 17.2 Å². The molecule has 4 nitrogen and oxygen atoms in total. The summed E-state index contributed by atoms with van der Waals surface area (Å²) in [5.41, 5.74) is 3.53. The third-order valence-corrected chi connectivity index (χ3v) is 6.03. The van der Waals surface area contributed by atoms with Gasteiger partial charge >= 0.3 is 0 Å². The van der Waals surface area contributed by atoms with E-state index in [0.29, 0.717) is 27.1 Å². The number of fused-ring (bicyclic) bond motifs is 1. The number of rotatable bonds is 5. The van der Waals surface area contributed by atoms with E-state index in [2.05, 4.69) is 5.32 Å². The third kappa shape index (κ3) is 3.89. The Morgan fingerprint density at radius 2 is 1.50 bits per heavy atom. The predicted octanol–water partition coefficient (Wildman–Crippen LogP) is 5.13. The van der Waals surface area contributed by atoms with Crippen molar-refractivity contribution in [1.82, 2.24) is 10.3 Å². The van der Waals surface area contributed by atoms with E-state index in [1.807, 2.05) is 91.9 Å². The molecule has 0 radical (unpaired) electrons. The summed E-state index contributed by atoms with van der Waals surface area (Å²) in [5.74, 6) is -0.257. The van der Waals surface area contributed by atoms with E-state index in [0.717, 1.165) is 11.1 Å². The monoisotopic (exact) mass is 414 g/mol. The molecule has 4 rings (SSSR count). The Morgan fingerprint density at radius 3 is 2.17 bits per heavy atom. The number of para-hydroxylation sites is 1. The molecule has 0 spiro atoms. The van der Waals surface area contributed by atoms with E-state index in [-0.39, 0.29) is 11.9 Å². The first-order valence-electron chi connectivity index (χ1n) is 9.73. The van der Waals surface area contributed by atoms with Gasteiger partial charge in [0.1, 0.15) is 0 Å². The largest absolute Gasteiger partial charge is 0.345 e. The summed E-state index contributed by atoms with van der Waals surface area (Å²) in [7, 11) is -1.41. The summed E-state index contributed by atoms with van der Waals surface area (Å²) in [4.78, 5) is 18.7. The Morgan fingerprint density at radius 1 is 0.900 bits per heavy atom. The molecule has 4 aromatic rings. The third-order valence-electron chi connectivity index (χ3n) is 5.06. The zero-order valence-electron chi connectivity index (χ0n) is 16.8. The van der Waals surface area contributed by atoms with Gasteiger partial charge in [-0.2, -0.15) is 0 Å². The Labute approximate surface area is 178 Å². The molecule has 0 aliphatic heterocycles. The van der Waals surface area contributed by atoms with Crippen LogP contribution in [0.15, 0.2) is 89.8 Å². The van der Waals surface area contributed by atoms with Gasteiger partial charge in [-0.15, -0.1) is 0 Å². The predicted molar refractivity (Wildman–Crippen MR) is 122 cm³/mol. The Hall–Kier alpha value is -3.31. The number of hydrogen-bond acceptors (Lipinski definition) is 3. The average molecular weight is 415 g/mol. The molecule has 0 aliphatic carbocycles. The number of carbonyl (C=O) groups is 1. The van der Waals surface area contributed by atoms with Crippen molar-refractivity contribution in [3.05, 3.63) is 96.1 Å². The molecule has 1 unspecified atom stereocenters. The Bertz CT molecular complexity index is 1220. The van der Waals surface area contributed by atoms with Crippen LogP contribution in [-0.2, 0) is 10.8 Å². The van der Waals surface area contributed by atoms with Crippen LogP contribution in [0.4, 0.5) is 0 Å². The minimum Gasteiger partial charge on any atom is -0.345 e. The first-order chi connectivity index (χ1) is 14.6. The van der Waals surface area contributed by atoms with Crippen molar-refractivity contribution >= 4 is 27.6 Å². The zero-order valence-corrected chi connectivity index (χ0v) is 17.6. The molecule has 5 heteroatoms. The molecule has 30 heavy (non-hydrogen) atoms. The molecule has 3 aromatic carbocycles. The van der Waals surface area contributed by atoms with Crippen molar-refractivity contribution in [3.63, 3.8) is 0 Å². The Balaban J connectivity index is 1.90. The quantitative estimate of drug-likeness (QED) is 0.492. The molecule has 0 bridgehead atoms. The minimum atomic E-state index is -1.41. The van der Waals surface area contributed by atoms with E-state index < -0.39 is 10.8 Å². The first-order valence-corrected chi connectivity index (χ1v) is 11.3. The van der Waals surface area contributed by atoms with Crippen molar-refractivity contribution in [2.45, 2.75) is 17.9 Å². The molecule has 1 N–H and O–H groups in total. The highest BCUT2D eigenvalue weighted by molar-refractivity contribution is 7.84. The summed E-state index contributed by atoms with van der Waals surface area (Å²) in [6, 6.07) is 26.7. The van der Waals surface area contributed by atoms with Gasteiger partial charge in [0.05, 0.1) is 38.5 Å². The van der Waals surface area contributed by atoms with Crippen LogP contribution < -0.4 is 5.32 Å². The molecule has 0 fully saturated rings. The highest BCUT2D eigenvalue weighted by Gasteiger charge is 2.25. The van der Waals surface area contributed by atoms with Gasteiger partial charge in [-0.1, -0.05) is 78.9 Å². The maximum absolute atomic E-state index is 13.5. The molecule has 1 heterocycles. The summed E-state index contributed by atoms with van der Waals surface area (Å²) < 4.78 is 12.9. The lowest BCUT2D eigenvalue weighted by molar-refractivity contribution is 0.0938. The standard InChI is InChI=1S/C25H22N2O2S/c1-17(18-11-5-3-6-12-18)26-25(28)22-20-15-9-10-16-21(20)27-23(24(22)30(2)29)19-13-7-4-8-14-19/h3-17H,1-2H3,(H,26,28)/t17-,30?/m0/s1. The van der Waals surface area contributed by atoms with Crippen LogP contribution in [-0.4, -0.2) is 21.4 Å². The van der Waals surface area contributed by atoms with E-state index in [1.165, 1.54) is 0 Å². The SMILES string of the molecule is C[C@H](NC(=O)c1c(S(C)=O)c(-c2ccccc2)nc2ccccc12)c1ccccc1. The number of amides is 1. The molecule has 2 atom stereocenters. The molecule has 0 saturated heterocycles. The molecule has 150 valence electrons.